The van der Waals surface area contributed by atoms with E-state index in [9.17, 15) is 14.2 Å². The number of unbranched alkanes of at least 4 members (excludes halogenated alkanes) is 23. The SMILES string of the molecule is CCCCCCCC/C=C\CCCCCCCC(=O)O[C@H](COC(=O)CCCCCCCCCCCCCCC)COP(=O)(O)O.[Na]. The normalized spacial score (nSPS) is 12.3. The molecule has 8 nitrogen and oxygen atoms in total. The van der Waals surface area contributed by atoms with Crippen molar-refractivity contribution in [2.75, 3.05) is 13.2 Å². The molecule has 2 N–H and O–H groups in total. The Balaban J connectivity index is 0. The first-order chi connectivity index (χ1) is 22.3. The second-order valence-electron chi connectivity index (χ2n) is 12.9. The molecule has 0 unspecified atom stereocenters. The van der Waals surface area contributed by atoms with Gasteiger partial charge in [-0.2, -0.15) is 0 Å². The average Bonchev–Trinajstić information content (AvgIpc) is 3.02. The summed E-state index contributed by atoms with van der Waals surface area (Å²) in [5, 5.41) is 0. The zero-order chi connectivity index (χ0) is 34.0. The van der Waals surface area contributed by atoms with E-state index < -0.39 is 32.5 Å². The Kier molecular flexibility index (Phi) is 38.6. The second-order valence-corrected chi connectivity index (χ2v) is 14.1. The molecule has 0 aliphatic carbocycles. The fourth-order valence-corrected chi connectivity index (χ4v) is 5.79. The first-order valence-corrected chi connectivity index (χ1v) is 20.5. The number of rotatable bonds is 35. The Bertz CT molecular complexity index is 773. The number of carbonyl (C=O) groups excluding carboxylic acids is 2. The molecule has 0 saturated heterocycles. The number of hydrogen-bond donors (Lipinski definition) is 2. The van der Waals surface area contributed by atoms with Crippen LogP contribution >= 0.6 is 7.82 Å². The van der Waals surface area contributed by atoms with E-state index in [1.807, 2.05) is 0 Å². The fourth-order valence-electron chi connectivity index (χ4n) is 5.43. The molecule has 0 aromatic heterocycles. The topological polar surface area (TPSA) is 119 Å². The van der Waals surface area contributed by atoms with Crippen molar-refractivity contribution in [1.29, 1.82) is 0 Å². The molecular weight excluding hydrogens is 626 g/mol. The molecule has 0 spiro atoms. The Morgan fingerprint density at radius 1 is 0.553 bits per heavy atom. The van der Waals surface area contributed by atoms with E-state index >= 15 is 0 Å². The summed E-state index contributed by atoms with van der Waals surface area (Å²) in [7, 11) is -4.74. The zero-order valence-corrected chi connectivity index (χ0v) is 33.6. The van der Waals surface area contributed by atoms with Gasteiger partial charge in [-0.3, -0.25) is 14.1 Å². The molecule has 0 aliphatic heterocycles. The van der Waals surface area contributed by atoms with Crippen LogP contribution in [0, 0.1) is 0 Å². The molecule has 0 aromatic carbocycles. The van der Waals surface area contributed by atoms with Crippen molar-refractivity contribution in [2.24, 2.45) is 0 Å². The molecule has 1 atom stereocenters. The summed E-state index contributed by atoms with van der Waals surface area (Å²) >= 11 is 0. The van der Waals surface area contributed by atoms with E-state index in [4.69, 9.17) is 19.3 Å². The predicted molar refractivity (Wildman–Crippen MR) is 194 cm³/mol. The summed E-state index contributed by atoms with van der Waals surface area (Å²) < 4.78 is 26.3. The summed E-state index contributed by atoms with van der Waals surface area (Å²) in [4.78, 5) is 42.7. The Hall–Kier alpha value is -0.210. The number of phosphoric acid groups is 1. The van der Waals surface area contributed by atoms with E-state index in [1.165, 1.54) is 109 Å². The van der Waals surface area contributed by atoms with Gasteiger partial charge in [0.1, 0.15) is 6.61 Å². The van der Waals surface area contributed by atoms with E-state index in [0.717, 1.165) is 51.4 Å². The molecule has 0 aliphatic rings. The molecule has 10 heteroatoms. The number of carbonyl (C=O) groups is 2. The summed E-state index contributed by atoms with van der Waals surface area (Å²) in [6.45, 7) is 3.67. The van der Waals surface area contributed by atoms with Crippen LogP contribution in [-0.4, -0.2) is 70.6 Å². The number of hydrogen-bond acceptors (Lipinski definition) is 6. The number of ether oxygens (including phenoxy) is 2. The number of allylic oxidation sites excluding steroid dienone is 2. The minimum absolute atomic E-state index is 0. The van der Waals surface area contributed by atoms with E-state index in [0.29, 0.717) is 6.42 Å². The first kappa shape index (κ1) is 48.9. The van der Waals surface area contributed by atoms with Gasteiger partial charge in [-0.05, 0) is 38.5 Å². The fraction of sp³-hybridized carbons (Fsp3) is 0.892. The summed E-state index contributed by atoms with van der Waals surface area (Å²) in [5.74, 6) is -0.887. The van der Waals surface area contributed by atoms with Gasteiger partial charge < -0.3 is 19.3 Å². The molecule has 0 rings (SSSR count). The van der Waals surface area contributed by atoms with Crippen LogP contribution in [-0.2, 0) is 28.2 Å². The van der Waals surface area contributed by atoms with Crippen molar-refractivity contribution in [2.45, 2.75) is 200 Å². The third kappa shape index (κ3) is 40.1. The molecular formula is C37H71NaO8P. The molecule has 0 aromatic rings. The van der Waals surface area contributed by atoms with Gasteiger partial charge in [0.25, 0.3) is 0 Å². The second kappa shape index (κ2) is 37.1. The molecule has 47 heavy (non-hydrogen) atoms. The smallest absolute Gasteiger partial charge is 0.462 e. The number of esters is 2. The van der Waals surface area contributed by atoms with Crippen molar-refractivity contribution < 1.29 is 37.9 Å². The largest absolute Gasteiger partial charge is 0.469 e. The van der Waals surface area contributed by atoms with Crippen LogP contribution in [0.1, 0.15) is 194 Å². The van der Waals surface area contributed by atoms with Crippen LogP contribution in [0.4, 0.5) is 0 Å². The van der Waals surface area contributed by atoms with Crippen LogP contribution in [0.15, 0.2) is 12.2 Å². The minimum atomic E-state index is -4.74. The maximum absolute atomic E-state index is 12.3. The van der Waals surface area contributed by atoms with Gasteiger partial charge in [0, 0.05) is 42.4 Å². The van der Waals surface area contributed by atoms with Crippen LogP contribution in [0.2, 0.25) is 0 Å². The third-order valence-corrected chi connectivity index (χ3v) is 8.77. The maximum atomic E-state index is 12.3. The van der Waals surface area contributed by atoms with Crippen molar-refractivity contribution in [3.8, 4) is 0 Å². The quantitative estimate of drug-likeness (QED) is 0.0221. The van der Waals surface area contributed by atoms with Crippen molar-refractivity contribution >= 4 is 49.3 Å². The molecule has 0 fully saturated rings. The standard InChI is InChI=1S/C37H71O8P.Na/c1-3-5-7-9-11-13-15-17-18-20-22-24-26-28-30-32-37(39)45-35(34-44-46(40,41)42)33-43-36(38)31-29-27-25-23-21-19-16-14-12-10-8-6-4-2;/h17-18,35H,3-16,19-34H2,1-2H3,(H2,40,41,42);/b18-17-;/t35-;/m1./s1. The third-order valence-electron chi connectivity index (χ3n) is 8.28. The average molecular weight is 698 g/mol. The molecule has 273 valence electrons. The van der Waals surface area contributed by atoms with Gasteiger partial charge >= 0.3 is 19.8 Å². The zero-order valence-electron chi connectivity index (χ0n) is 30.7. The van der Waals surface area contributed by atoms with Gasteiger partial charge in [-0.15, -0.1) is 0 Å². The van der Waals surface area contributed by atoms with Crippen LogP contribution in [0.5, 0.6) is 0 Å². The molecule has 1 radical (unpaired) electrons. The van der Waals surface area contributed by atoms with Crippen LogP contribution in [0.3, 0.4) is 0 Å². The van der Waals surface area contributed by atoms with Gasteiger partial charge in [0.2, 0.25) is 0 Å². The van der Waals surface area contributed by atoms with E-state index in [2.05, 4.69) is 30.5 Å². The van der Waals surface area contributed by atoms with Gasteiger partial charge in [-0.1, -0.05) is 154 Å². The summed E-state index contributed by atoms with van der Waals surface area (Å²) in [5.41, 5.74) is 0. The molecule has 0 amide bonds. The van der Waals surface area contributed by atoms with E-state index in [1.54, 1.807) is 0 Å². The van der Waals surface area contributed by atoms with Gasteiger partial charge in [0.05, 0.1) is 6.61 Å². The van der Waals surface area contributed by atoms with Crippen molar-refractivity contribution in [1.82, 2.24) is 0 Å². The predicted octanol–water partition coefficient (Wildman–Crippen LogP) is 10.7. The van der Waals surface area contributed by atoms with Crippen molar-refractivity contribution in [3.05, 3.63) is 12.2 Å². The van der Waals surface area contributed by atoms with Crippen LogP contribution < -0.4 is 0 Å². The Labute approximate surface area is 310 Å². The monoisotopic (exact) mass is 697 g/mol. The van der Waals surface area contributed by atoms with Crippen molar-refractivity contribution in [3.63, 3.8) is 0 Å². The summed E-state index contributed by atoms with van der Waals surface area (Å²) in [6, 6.07) is 0. The van der Waals surface area contributed by atoms with Gasteiger partial charge in [0.15, 0.2) is 6.10 Å². The molecule has 0 saturated carbocycles. The molecule has 0 heterocycles. The Morgan fingerprint density at radius 3 is 1.32 bits per heavy atom. The molecule has 0 bridgehead atoms. The minimum Gasteiger partial charge on any atom is -0.462 e. The Morgan fingerprint density at radius 2 is 0.915 bits per heavy atom. The first-order valence-electron chi connectivity index (χ1n) is 19.0. The van der Waals surface area contributed by atoms with Crippen LogP contribution in [0.25, 0.3) is 0 Å². The number of phosphoric ester groups is 1. The van der Waals surface area contributed by atoms with Gasteiger partial charge in [-0.25, -0.2) is 4.57 Å². The van der Waals surface area contributed by atoms with E-state index in [-0.39, 0.29) is 49.0 Å². The maximum Gasteiger partial charge on any atom is 0.469 e. The summed E-state index contributed by atoms with van der Waals surface area (Å²) in [6.07, 6.45) is 35.0.